The van der Waals surface area contributed by atoms with Crippen LogP contribution >= 0.6 is 0 Å². The fraction of sp³-hybridized carbons (Fsp3) is 0.571. The smallest absolute Gasteiger partial charge is 0.119 e. The molecule has 0 spiro atoms. The average molecular weight is 234 g/mol. The summed E-state index contributed by atoms with van der Waals surface area (Å²) >= 11 is 0. The van der Waals surface area contributed by atoms with E-state index >= 15 is 0 Å². The second-order valence-electron chi connectivity index (χ2n) is 4.65. The van der Waals surface area contributed by atoms with Gasteiger partial charge >= 0.3 is 0 Å². The first-order valence-corrected chi connectivity index (χ1v) is 6.45. The molecule has 3 heteroatoms. The number of anilines is 1. The Kier molecular flexibility index (Phi) is 3.89. The van der Waals surface area contributed by atoms with Gasteiger partial charge in [0.25, 0.3) is 0 Å². The molecule has 1 saturated heterocycles. The summed E-state index contributed by atoms with van der Waals surface area (Å²) in [7, 11) is 0. The molecule has 3 nitrogen and oxygen atoms in total. The van der Waals surface area contributed by atoms with E-state index in [0.29, 0.717) is 18.6 Å². The molecule has 2 N–H and O–H groups in total. The van der Waals surface area contributed by atoms with Gasteiger partial charge in [0.15, 0.2) is 0 Å². The standard InChI is InChI=1S/C14H22N2O/c1-3-17-14-6-4-13(5-7-14)16-9-8-12(10-15)11(16)2/h4-7,11-12H,3,8-10,15H2,1-2H3. The summed E-state index contributed by atoms with van der Waals surface area (Å²) in [5.74, 6) is 1.57. The van der Waals surface area contributed by atoms with Crippen molar-refractivity contribution in [3.63, 3.8) is 0 Å². The average Bonchev–Trinajstić information content (AvgIpc) is 2.72. The largest absolute Gasteiger partial charge is 0.494 e. The molecule has 17 heavy (non-hydrogen) atoms. The van der Waals surface area contributed by atoms with E-state index in [1.165, 1.54) is 12.1 Å². The van der Waals surface area contributed by atoms with E-state index in [4.69, 9.17) is 10.5 Å². The van der Waals surface area contributed by atoms with E-state index < -0.39 is 0 Å². The molecule has 2 unspecified atom stereocenters. The molecule has 1 heterocycles. The number of hydrogen-bond donors (Lipinski definition) is 1. The third-order valence-corrected chi connectivity index (χ3v) is 3.70. The highest BCUT2D eigenvalue weighted by Gasteiger charge is 2.29. The van der Waals surface area contributed by atoms with Crippen LogP contribution < -0.4 is 15.4 Å². The Labute approximate surface area is 104 Å². The number of benzene rings is 1. The minimum Gasteiger partial charge on any atom is -0.494 e. The van der Waals surface area contributed by atoms with E-state index in [1.807, 2.05) is 19.1 Å². The third kappa shape index (κ3) is 2.55. The topological polar surface area (TPSA) is 38.5 Å². The number of hydrogen-bond acceptors (Lipinski definition) is 3. The maximum absolute atomic E-state index is 5.78. The molecule has 1 aliphatic rings. The zero-order chi connectivity index (χ0) is 12.3. The summed E-state index contributed by atoms with van der Waals surface area (Å²) in [6.45, 7) is 6.88. The molecule has 94 valence electrons. The van der Waals surface area contributed by atoms with E-state index in [1.54, 1.807) is 0 Å². The number of ether oxygens (including phenoxy) is 1. The van der Waals surface area contributed by atoms with Crippen molar-refractivity contribution in [3.05, 3.63) is 24.3 Å². The Bertz CT molecular complexity index is 350. The van der Waals surface area contributed by atoms with Gasteiger partial charge in [-0.05, 0) is 57.0 Å². The van der Waals surface area contributed by atoms with Gasteiger partial charge in [0.1, 0.15) is 5.75 Å². The highest BCUT2D eigenvalue weighted by molar-refractivity contribution is 5.50. The van der Waals surface area contributed by atoms with Crippen molar-refractivity contribution in [2.75, 3.05) is 24.6 Å². The van der Waals surface area contributed by atoms with Crippen molar-refractivity contribution in [1.82, 2.24) is 0 Å². The summed E-state index contributed by atoms with van der Waals surface area (Å²) in [4.78, 5) is 2.44. The number of nitrogens with zero attached hydrogens (tertiary/aromatic N) is 1. The molecule has 0 bridgehead atoms. The van der Waals surface area contributed by atoms with Crippen LogP contribution in [0.25, 0.3) is 0 Å². The van der Waals surface area contributed by atoms with Gasteiger partial charge in [-0.3, -0.25) is 0 Å². The number of rotatable bonds is 4. The van der Waals surface area contributed by atoms with Crippen LogP contribution in [0, 0.1) is 5.92 Å². The minimum atomic E-state index is 0.540. The van der Waals surface area contributed by atoms with Crippen molar-refractivity contribution >= 4 is 5.69 Å². The van der Waals surface area contributed by atoms with Gasteiger partial charge in [0.2, 0.25) is 0 Å². The molecular weight excluding hydrogens is 212 g/mol. The van der Waals surface area contributed by atoms with Gasteiger partial charge in [0.05, 0.1) is 6.61 Å². The highest BCUT2D eigenvalue weighted by Crippen LogP contribution is 2.30. The summed E-state index contributed by atoms with van der Waals surface area (Å²) in [6, 6.07) is 8.90. The van der Waals surface area contributed by atoms with Gasteiger partial charge in [-0.2, -0.15) is 0 Å². The fourth-order valence-corrected chi connectivity index (χ4v) is 2.58. The monoisotopic (exact) mass is 234 g/mol. The van der Waals surface area contributed by atoms with Crippen molar-refractivity contribution < 1.29 is 4.74 Å². The summed E-state index contributed by atoms with van der Waals surface area (Å²) in [6.07, 6.45) is 1.20. The first-order valence-electron chi connectivity index (χ1n) is 6.45. The second-order valence-corrected chi connectivity index (χ2v) is 4.65. The molecule has 0 radical (unpaired) electrons. The van der Waals surface area contributed by atoms with E-state index in [2.05, 4.69) is 24.0 Å². The van der Waals surface area contributed by atoms with Crippen molar-refractivity contribution in [3.8, 4) is 5.75 Å². The van der Waals surface area contributed by atoms with Gasteiger partial charge in [-0.1, -0.05) is 0 Å². The Morgan fingerprint density at radius 2 is 2.06 bits per heavy atom. The summed E-state index contributed by atoms with van der Waals surface area (Å²) in [5.41, 5.74) is 7.06. The SMILES string of the molecule is CCOc1ccc(N2CCC(CN)C2C)cc1. The fourth-order valence-electron chi connectivity index (χ4n) is 2.58. The molecule has 0 saturated carbocycles. The Balaban J connectivity index is 2.07. The molecule has 1 fully saturated rings. The molecule has 0 aliphatic carbocycles. The molecular formula is C14H22N2O. The van der Waals surface area contributed by atoms with E-state index in [9.17, 15) is 0 Å². The van der Waals surface area contributed by atoms with E-state index in [0.717, 1.165) is 18.8 Å². The van der Waals surface area contributed by atoms with Crippen LogP contribution in [-0.4, -0.2) is 25.7 Å². The molecule has 0 aromatic heterocycles. The lowest BCUT2D eigenvalue weighted by Gasteiger charge is -2.26. The van der Waals surface area contributed by atoms with Gasteiger partial charge < -0.3 is 15.4 Å². The van der Waals surface area contributed by atoms with Crippen LogP contribution in [0.15, 0.2) is 24.3 Å². The van der Waals surface area contributed by atoms with Crippen molar-refractivity contribution in [1.29, 1.82) is 0 Å². The maximum Gasteiger partial charge on any atom is 0.119 e. The van der Waals surface area contributed by atoms with Crippen molar-refractivity contribution in [2.24, 2.45) is 11.7 Å². The first kappa shape index (κ1) is 12.2. The normalized spacial score (nSPS) is 24.1. The lowest BCUT2D eigenvalue weighted by Crippen LogP contribution is -2.32. The van der Waals surface area contributed by atoms with E-state index in [-0.39, 0.29) is 0 Å². The summed E-state index contributed by atoms with van der Waals surface area (Å²) in [5, 5.41) is 0. The number of nitrogens with two attached hydrogens (primary N) is 1. The maximum atomic E-state index is 5.78. The van der Waals surface area contributed by atoms with Gasteiger partial charge in [0, 0.05) is 18.3 Å². The molecule has 0 amide bonds. The van der Waals surface area contributed by atoms with Crippen LogP contribution in [0.2, 0.25) is 0 Å². The van der Waals surface area contributed by atoms with Crippen molar-refractivity contribution in [2.45, 2.75) is 26.3 Å². The van der Waals surface area contributed by atoms with Gasteiger partial charge in [-0.25, -0.2) is 0 Å². The third-order valence-electron chi connectivity index (χ3n) is 3.70. The predicted octanol–water partition coefficient (Wildman–Crippen LogP) is 2.26. The lowest BCUT2D eigenvalue weighted by molar-refractivity contribution is 0.340. The molecule has 1 aliphatic heterocycles. The predicted molar refractivity (Wildman–Crippen MR) is 71.6 cm³/mol. The quantitative estimate of drug-likeness (QED) is 0.868. The van der Waals surface area contributed by atoms with Crippen LogP contribution in [0.3, 0.4) is 0 Å². The minimum absolute atomic E-state index is 0.540. The highest BCUT2D eigenvalue weighted by atomic mass is 16.5. The lowest BCUT2D eigenvalue weighted by atomic mass is 10.0. The molecule has 2 rings (SSSR count). The van der Waals surface area contributed by atoms with Crippen LogP contribution in [0.5, 0.6) is 5.75 Å². The second kappa shape index (κ2) is 5.41. The molecule has 1 aromatic carbocycles. The Morgan fingerprint density at radius 3 is 2.59 bits per heavy atom. The summed E-state index contributed by atoms with van der Waals surface area (Å²) < 4.78 is 5.45. The van der Waals surface area contributed by atoms with Crippen LogP contribution in [0.1, 0.15) is 20.3 Å². The van der Waals surface area contributed by atoms with Gasteiger partial charge in [-0.15, -0.1) is 0 Å². The molecule has 2 atom stereocenters. The Hall–Kier alpha value is -1.22. The first-order chi connectivity index (χ1) is 8.26. The van der Waals surface area contributed by atoms with Crippen LogP contribution in [0.4, 0.5) is 5.69 Å². The molecule has 1 aromatic rings. The van der Waals surface area contributed by atoms with Crippen LogP contribution in [-0.2, 0) is 0 Å². The Morgan fingerprint density at radius 1 is 1.35 bits per heavy atom. The zero-order valence-electron chi connectivity index (χ0n) is 10.7. The zero-order valence-corrected chi connectivity index (χ0v) is 10.7.